The van der Waals surface area contributed by atoms with Crippen LogP contribution in [0.1, 0.15) is 54.4 Å². The molecule has 7 nitrogen and oxygen atoms in total. The van der Waals surface area contributed by atoms with E-state index in [0.717, 1.165) is 50.4 Å². The Morgan fingerprint density at radius 1 is 0.927 bits per heavy atom. The number of piperazine rings is 1. The third-order valence-electron chi connectivity index (χ3n) is 9.50. The van der Waals surface area contributed by atoms with Crippen molar-refractivity contribution < 1.29 is 28.3 Å². The molecule has 2 aromatic rings. The average molecular weight is 566 g/mol. The minimum absolute atomic E-state index is 0.00817. The number of carboxylic acids is 1. The lowest BCUT2D eigenvalue weighted by atomic mass is 9.87. The van der Waals surface area contributed by atoms with Crippen molar-refractivity contribution in [3.8, 4) is 0 Å². The minimum atomic E-state index is -0.793. The monoisotopic (exact) mass is 565 g/mol. The molecule has 41 heavy (non-hydrogen) atoms. The third-order valence-corrected chi connectivity index (χ3v) is 9.50. The van der Waals surface area contributed by atoms with E-state index in [1.807, 2.05) is 17.9 Å². The van der Waals surface area contributed by atoms with Crippen LogP contribution in [0.15, 0.2) is 36.4 Å². The first-order chi connectivity index (χ1) is 19.7. The number of fused-ring (bicyclic) bond motifs is 1. The maximum atomic E-state index is 14.9. The fraction of sp³-hybridized carbons (Fsp3) is 0.531. The minimum Gasteiger partial charge on any atom is -0.481 e. The predicted molar refractivity (Wildman–Crippen MR) is 148 cm³/mol. The molecule has 0 bridgehead atoms. The lowest BCUT2D eigenvalue weighted by molar-refractivity contribution is -0.141. The lowest BCUT2D eigenvalue weighted by Crippen LogP contribution is -2.58. The van der Waals surface area contributed by atoms with Gasteiger partial charge in [-0.05, 0) is 67.3 Å². The average Bonchev–Trinajstić information content (AvgIpc) is 3.56. The molecule has 4 aliphatic rings. The van der Waals surface area contributed by atoms with E-state index in [1.54, 1.807) is 4.90 Å². The molecule has 9 heteroatoms. The summed E-state index contributed by atoms with van der Waals surface area (Å²) in [6.07, 6.45) is 4.21. The molecule has 4 atom stereocenters. The number of carboxylic acid groups (broad SMARTS) is 1. The highest BCUT2D eigenvalue weighted by atomic mass is 19.1. The molecule has 0 aromatic heterocycles. The molecule has 1 N–H and O–H groups in total. The summed E-state index contributed by atoms with van der Waals surface area (Å²) in [6, 6.07) is 10.1. The van der Waals surface area contributed by atoms with Crippen LogP contribution in [0.3, 0.4) is 0 Å². The van der Waals surface area contributed by atoms with Crippen LogP contribution in [0.4, 0.5) is 8.78 Å². The third kappa shape index (κ3) is 5.73. The quantitative estimate of drug-likeness (QED) is 0.555. The van der Waals surface area contributed by atoms with Crippen molar-refractivity contribution >= 4 is 17.8 Å². The van der Waals surface area contributed by atoms with Gasteiger partial charge < -0.3 is 14.9 Å². The van der Waals surface area contributed by atoms with Crippen LogP contribution < -0.4 is 0 Å². The molecule has 2 aromatic carbocycles. The zero-order valence-electron chi connectivity index (χ0n) is 23.4. The molecule has 0 radical (unpaired) electrons. The highest BCUT2D eigenvalue weighted by Gasteiger charge is 2.47. The van der Waals surface area contributed by atoms with Crippen LogP contribution >= 0.6 is 0 Å². The van der Waals surface area contributed by atoms with Crippen LogP contribution in [0.25, 0.3) is 0 Å². The van der Waals surface area contributed by atoms with Gasteiger partial charge in [-0.1, -0.05) is 24.3 Å². The Kier molecular flexibility index (Phi) is 7.57. The molecule has 3 fully saturated rings. The van der Waals surface area contributed by atoms with Crippen LogP contribution in [0.5, 0.6) is 0 Å². The lowest BCUT2D eigenvalue weighted by Gasteiger charge is -2.43. The number of carbonyl (C=O) groups is 3. The summed E-state index contributed by atoms with van der Waals surface area (Å²) < 4.78 is 28.6. The van der Waals surface area contributed by atoms with Crippen molar-refractivity contribution in [3.05, 3.63) is 70.3 Å². The van der Waals surface area contributed by atoms with E-state index in [9.17, 15) is 23.2 Å². The maximum absolute atomic E-state index is 14.9. The number of aliphatic carboxylic acids is 1. The number of nitrogens with zero attached hydrogens (tertiary/aromatic N) is 3. The number of hydrogen-bond donors (Lipinski definition) is 1. The van der Waals surface area contributed by atoms with Gasteiger partial charge in [-0.25, -0.2) is 8.78 Å². The molecule has 0 unspecified atom stereocenters. The van der Waals surface area contributed by atoms with E-state index in [0.29, 0.717) is 24.6 Å². The summed E-state index contributed by atoms with van der Waals surface area (Å²) in [5, 5.41) is 9.01. The van der Waals surface area contributed by atoms with E-state index in [2.05, 4.69) is 17.0 Å². The molecule has 1 saturated carbocycles. The van der Waals surface area contributed by atoms with Crippen molar-refractivity contribution in [2.24, 2.45) is 11.8 Å². The fourth-order valence-electron chi connectivity index (χ4n) is 7.11. The smallest absolute Gasteiger partial charge is 0.303 e. The number of likely N-dealkylation sites (tertiary alicyclic amines) is 1. The Labute approximate surface area is 239 Å². The van der Waals surface area contributed by atoms with E-state index in [-0.39, 0.29) is 43.3 Å². The Balaban J connectivity index is 1.13. The van der Waals surface area contributed by atoms with Crippen LogP contribution in [0.2, 0.25) is 0 Å². The Hall–Kier alpha value is -3.33. The normalized spacial score (nSPS) is 26.3. The summed E-state index contributed by atoms with van der Waals surface area (Å²) in [5.41, 5.74) is 3.93. The standard InChI is InChI=1S/C32H37F2N3O4/c1-19-16-35(25-13-22-4-2-20(3-9-30(38)39)12-23(22)14-25)10-11-37(19)32(41)28-18-36(31(40)21-5-6-21)17-27(28)26-8-7-24(33)15-29(26)34/h2,4,7-8,12,15,19,21,25,27-28H,3,5-6,9-11,13-14,16-18H2,1H3,(H,38,39)/t19-,25-,27-,28+/m0/s1. The van der Waals surface area contributed by atoms with Crippen molar-refractivity contribution in [1.82, 2.24) is 14.7 Å². The number of rotatable bonds is 7. The summed E-state index contributed by atoms with van der Waals surface area (Å²) in [4.78, 5) is 44.0. The Morgan fingerprint density at radius 2 is 1.71 bits per heavy atom. The summed E-state index contributed by atoms with van der Waals surface area (Å²) in [6.45, 7) is 4.60. The largest absolute Gasteiger partial charge is 0.481 e. The molecule has 218 valence electrons. The second-order valence-corrected chi connectivity index (χ2v) is 12.3. The Bertz CT molecular complexity index is 1360. The van der Waals surface area contributed by atoms with Crippen LogP contribution in [-0.4, -0.2) is 82.4 Å². The second kappa shape index (κ2) is 11.2. The maximum Gasteiger partial charge on any atom is 0.303 e. The highest BCUT2D eigenvalue weighted by molar-refractivity contribution is 5.85. The van der Waals surface area contributed by atoms with E-state index < -0.39 is 29.4 Å². The number of benzene rings is 2. The van der Waals surface area contributed by atoms with Crippen LogP contribution in [-0.2, 0) is 33.6 Å². The molecule has 6 rings (SSSR count). The molecule has 2 aliphatic heterocycles. The number of hydrogen-bond acceptors (Lipinski definition) is 4. The zero-order valence-corrected chi connectivity index (χ0v) is 23.4. The van der Waals surface area contributed by atoms with Gasteiger partial charge in [0, 0.05) is 69.1 Å². The van der Waals surface area contributed by atoms with Crippen molar-refractivity contribution in [3.63, 3.8) is 0 Å². The SMILES string of the molecule is C[C@H]1CN([C@H]2Cc3ccc(CCC(=O)O)cc3C2)CCN1C(=O)[C@@H]1CN(C(=O)C2CC2)C[C@H]1c1ccc(F)cc1F. The molecule has 2 aliphatic carbocycles. The van der Waals surface area contributed by atoms with Gasteiger partial charge in [-0.15, -0.1) is 0 Å². The van der Waals surface area contributed by atoms with Gasteiger partial charge >= 0.3 is 5.97 Å². The second-order valence-electron chi connectivity index (χ2n) is 12.3. The molecule has 0 spiro atoms. The molecule has 2 amide bonds. The van der Waals surface area contributed by atoms with E-state index >= 15 is 0 Å². The number of aryl methyl sites for hydroxylation is 1. The van der Waals surface area contributed by atoms with Crippen molar-refractivity contribution in [1.29, 1.82) is 0 Å². The first-order valence-electron chi connectivity index (χ1n) is 14.8. The predicted octanol–water partition coefficient (Wildman–Crippen LogP) is 3.63. The summed E-state index contributed by atoms with van der Waals surface area (Å²) >= 11 is 0. The first kappa shape index (κ1) is 27.8. The van der Waals surface area contributed by atoms with Gasteiger partial charge in [-0.2, -0.15) is 0 Å². The number of carbonyl (C=O) groups excluding carboxylic acids is 2. The summed E-state index contributed by atoms with van der Waals surface area (Å²) in [7, 11) is 0. The first-order valence-corrected chi connectivity index (χ1v) is 14.8. The van der Waals surface area contributed by atoms with Gasteiger partial charge in [0.2, 0.25) is 11.8 Å². The van der Waals surface area contributed by atoms with Gasteiger partial charge in [-0.3, -0.25) is 19.3 Å². The van der Waals surface area contributed by atoms with Crippen molar-refractivity contribution in [2.45, 2.75) is 63.5 Å². The van der Waals surface area contributed by atoms with Crippen molar-refractivity contribution in [2.75, 3.05) is 32.7 Å². The number of halogens is 2. The Morgan fingerprint density at radius 3 is 2.41 bits per heavy atom. The molecular weight excluding hydrogens is 528 g/mol. The zero-order chi connectivity index (χ0) is 28.8. The molecule has 2 saturated heterocycles. The topological polar surface area (TPSA) is 81.2 Å². The van der Waals surface area contributed by atoms with Gasteiger partial charge in [0.25, 0.3) is 0 Å². The van der Waals surface area contributed by atoms with Crippen LogP contribution in [0, 0.1) is 23.5 Å². The van der Waals surface area contributed by atoms with E-state index in [1.165, 1.54) is 23.3 Å². The van der Waals surface area contributed by atoms with Gasteiger partial charge in [0.1, 0.15) is 11.6 Å². The molecular formula is C32H37F2N3O4. The van der Waals surface area contributed by atoms with E-state index in [4.69, 9.17) is 5.11 Å². The van der Waals surface area contributed by atoms with Gasteiger partial charge in [0.05, 0.1) is 5.92 Å². The molecule has 2 heterocycles. The van der Waals surface area contributed by atoms with Gasteiger partial charge in [0.15, 0.2) is 0 Å². The highest BCUT2D eigenvalue weighted by Crippen LogP contribution is 2.40. The summed E-state index contributed by atoms with van der Waals surface area (Å²) in [5.74, 6) is -3.20. The fourth-order valence-corrected chi connectivity index (χ4v) is 7.11. The number of amides is 2.